The molecule has 1 N–H and O–H groups in total. The van der Waals surface area contributed by atoms with Gasteiger partial charge in [-0.25, -0.2) is 4.79 Å². The summed E-state index contributed by atoms with van der Waals surface area (Å²) in [6.45, 7) is 1.33. The van der Waals surface area contributed by atoms with Crippen molar-refractivity contribution in [3.63, 3.8) is 0 Å². The van der Waals surface area contributed by atoms with Crippen LogP contribution in [0, 0.1) is 6.92 Å². The molecule has 2 aromatic rings. The van der Waals surface area contributed by atoms with E-state index >= 15 is 0 Å². The Morgan fingerprint density at radius 3 is 3.05 bits per heavy atom. The molecule has 0 atom stereocenters. The predicted octanol–water partition coefficient (Wildman–Crippen LogP) is 2.24. The summed E-state index contributed by atoms with van der Waals surface area (Å²) in [6, 6.07) is 5.31. The average Bonchev–Trinajstić information content (AvgIpc) is 3.06. The number of aryl methyl sites for hydroxylation is 1. The maximum Gasteiger partial charge on any atom is 0.331 e. The molecule has 0 saturated carbocycles. The molecule has 20 heavy (non-hydrogen) atoms. The number of nitrogens with one attached hydrogen (secondary N) is 1. The lowest BCUT2D eigenvalue weighted by Gasteiger charge is -2.01. The van der Waals surface area contributed by atoms with Crippen molar-refractivity contribution in [2.24, 2.45) is 0 Å². The zero-order valence-electron chi connectivity index (χ0n) is 10.7. The summed E-state index contributed by atoms with van der Waals surface area (Å²) in [6.07, 6.45) is 2.91. The Labute approximate surface area is 119 Å². The van der Waals surface area contributed by atoms with Crippen LogP contribution < -0.4 is 5.32 Å². The van der Waals surface area contributed by atoms with E-state index in [1.165, 1.54) is 17.4 Å². The molecule has 0 aromatic carbocycles. The number of aromatic nitrogens is 1. The van der Waals surface area contributed by atoms with E-state index in [9.17, 15) is 9.59 Å². The first-order valence-corrected chi connectivity index (χ1v) is 6.63. The molecule has 104 valence electrons. The summed E-state index contributed by atoms with van der Waals surface area (Å²) in [7, 11) is 0. The fourth-order valence-corrected chi connectivity index (χ4v) is 1.94. The van der Waals surface area contributed by atoms with E-state index in [1.54, 1.807) is 19.1 Å². The summed E-state index contributed by atoms with van der Waals surface area (Å²) < 4.78 is 9.58. The van der Waals surface area contributed by atoms with Crippen molar-refractivity contribution >= 4 is 35.1 Å². The molecule has 0 aliphatic carbocycles. The second kappa shape index (κ2) is 6.67. The number of hydrogen-bond acceptors (Lipinski definition) is 6. The van der Waals surface area contributed by atoms with Crippen LogP contribution in [0.5, 0.6) is 0 Å². The minimum Gasteiger partial charge on any atom is -0.452 e. The van der Waals surface area contributed by atoms with E-state index in [0.717, 1.165) is 4.88 Å². The molecule has 0 aliphatic heterocycles. The first-order chi connectivity index (χ1) is 9.63. The van der Waals surface area contributed by atoms with Crippen LogP contribution in [0.15, 0.2) is 34.2 Å². The number of hydrogen-bond donors (Lipinski definition) is 1. The highest BCUT2D eigenvalue weighted by Gasteiger charge is 2.08. The Balaban J connectivity index is 1.74. The van der Waals surface area contributed by atoms with Gasteiger partial charge >= 0.3 is 5.97 Å². The second-order valence-corrected chi connectivity index (χ2v) is 4.81. The predicted molar refractivity (Wildman–Crippen MR) is 74.2 cm³/mol. The molecular weight excluding hydrogens is 280 g/mol. The van der Waals surface area contributed by atoms with Gasteiger partial charge in [0.15, 0.2) is 12.4 Å². The minimum atomic E-state index is -0.579. The third kappa shape index (κ3) is 4.36. The Kier molecular flexibility index (Phi) is 4.67. The van der Waals surface area contributed by atoms with Gasteiger partial charge in [-0.3, -0.25) is 4.79 Å². The highest BCUT2D eigenvalue weighted by Crippen LogP contribution is 2.10. The number of amides is 1. The van der Waals surface area contributed by atoms with Crippen molar-refractivity contribution in [3.8, 4) is 0 Å². The van der Waals surface area contributed by atoms with E-state index in [-0.39, 0.29) is 12.4 Å². The highest BCUT2D eigenvalue weighted by molar-refractivity contribution is 7.10. The van der Waals surface area contributed by atoms with Crippen LogP contribution in [-0.4, -0.2) is 23.6 Å². The van der Waals surface area contributed by atoms with Crippen LogP contribution in [-0.2, 0) is 14.3 Å². The molecule has 7 heteroatoms. The molecule has 1 amide bonds. The van der Waals surface area contributed by atoms with Gasteiger partial charge in [0.25, 0.3) is 5.91 Å². The van der Waals surface area contributed by atoms with Crippen LogP contribution in [0.25, 0.3) is 6.08 Å². The van der Waals surface area contributed by atoms with E-state index in [4.69, 9.17) is 9.26 Å². The molecule has 0 aliphatic rings. The minimum absolute atomic E-state index is 0.290. The Morgan fingerprint density at radius 1 is 1.55 bits per heavy atom. The first-order valence-electron chi connectivity index (χ1n) is 5.75. The standard InChI is InChI=1S/C13H12N2O4S/c1-9-7-11(15-19-9)14-12(16)8-18-13(17)5-4-10-3-2-6-20-10/h2-7H,8H2,1H3,(H,14,15,16)/b5-4+. The normalized spacial score (nSPS) is 10.7. The van der Waals surface area contributed by atoms with Crippen molar-refractivity contribution in [2.75, 3.05) is 11.9 Å². The van der Waals surface area contributed by atoms with Gasteiger partial charge in [-0.15, -0.1) is 11.3 Å². The number of esters is 1. The van der Waals surface area contributed by atoms with Crippen molar-refractivity contribution in [3.05, 3.63) is 40.3 Å². The molecule has 0 saturated heterocycles. The zero-order chi connectivity index (χ0) is 14.4. The molecule has 2 heterocycles. The number of nitrogens with zero attached hydrogens (tertiary/aromatic N) is 1. The van der Waals surface area contributed by atoms with Crippen LogP contribution in [0.4, 0.5) is 5.82 Å². The summed E-state index contributed by atoms with van der Waals surface area (Å²) >= 11 is 1.50. The van der Waals surface area contributed by atoms with Crippen molar-refractivity contribution in [1.82, 2.24) is 5.16 Å². The van der Waals surface area contributed by atoms with Crippen LogP contribution in [0.1, 0.15) is 10.6 Å². The molecule has 2 rings (SSSR count). The molecule has 0 spiro atoms. The maximum absolute atomic E-state index is 11.5. The average molecular weight is 292 g/mol. The Hall–Kier alpha value is -2.41. The second-order valence-electron chi connectivity index (χ2n) is 3.83. The molecule has 0 bridgehead atoms. The summed E-state index contributed by atoms with van der Waals surface area (Å²) in [5, 5.41) is 7.94. The summed E-state index contributed by atoms with van der Waals surface area (Å²) in [5.41, 5.74) is 0. The van der Waals surface area contributed by atoms with Gasteiger partial charge in [0.05, 0.1) is 0 Å². The van der Waals surface area contributed by atoms with Crippen molar-refractivity contribution < 1.29 is 18.8 Å². The fourth-order valence-electron chi connectivity index (χ4n) is 1.33. The Morgan fingerprint density at radius 2 is 2.40 bits per heavy atom. The Bertz CT molecular complexity index is 616. The van der Waals surface area contributed by atoms with Gasteiger partial charge in [-0.05, 0) is 24.4 Å². The molecule has 0 fully saturated rings. The highest BCUT2D eigenvalue weighted by atomic mass is 32.1. The van der Waals surface area contributed by atoms with Gasteiger partial charge in [-0.2, -0.15) is 0 Å². The number of anilines is 1. The zero-order valence-corrected chi connectivity index (χ0v) is 11.5. The third-order valence-corrected chi connectivity index (χ3v) is 3.01. The summed E-state index contributed by atoms with van der Waals surface area (Å²) in [4.78, 5) is 23.8. The van der Waals surface area contributed by atoms with Gasteiger partial charge in [-0.1, -0.05) is 11.2 Å². The third-order valence-electron chi connectivity index (χ3n) is 2.17. The maximum atomic E-state index is 11.5. The summed E-state index contributed by atoms with van der Waals surface area (Å²) in [5.74, 6) is -0.185. The molecule has 2 aromatic heterocycles. The topological polar surface area (TPSA) is 81.4 Å². The lowest BCUT2D eigenvalue weighted by molar-refractivity contribution is -0.142. The number of ether oxygens (including phenoxy) is 1. The van der Waals surface area contributed by atoms with E-state index in [0.29, 0.717) is 5.76 Å². The van der Waals surface area contributed by atoms with Crippen molar-refractivity contribution in [1.29, 1.82) is 0 Å². The first kappa shape index (κ1) is 14.0. The SMILES string of the molecule is Cc1cc(NC(=O)COC(=O)/C=C/c2cccs2)no1. The quantitative estimate of drug-likeness (QED) is 0.675. The number of thiophene rings is 1. The number of carbonyl (C=O) groups excluding carboxylic acids is 2. The van der Waals surface area contributed by atoms with E-state index in [1.807, 2.05) is 17.5 Å². The number of rotatable bonds is 5. The lowest BCUT2D eigenvalue weighted by Crippen LogP contribution is -2.20. The smallest absolute Gasteiger partial charge is 0.331 e. The van der Waals surface area contributed by atoms with Crippen LogP contribution in [0.2, 0.25) is 0 Å². The largest absolute Gasteiger partial charge is 0.452 e. The van der Waals surface area contributed by atoms with Gasteiger partial charge in [0.2, 0.25) is 0 Å². The monoisotopic (exact) mass is 292 g/mol. The molecule has 0 unspecified atom stereocenters. The lowest BCUT2D eigenvalue weighted by atomic mass is 10.4. The molecule has 0 radical (unpaired) electrons. The molecular formula is C13H12N2O4S. The molecule has 6 nitrogen and oxygen atoms in total. The van der Waals surface area contributed by atoms with Gasteiger partial charge < -0.3 is 14.6 Å². The van der Waals surface area contributed by atoms with Gasteiger partial charge in [0.1, 0.15) is 5.76 Å². The number of carbonyl (C=O) groups is 2. The fraction of sp³-hybridized carbons (Fsp3) is 0.154. The van der Waals surface area contributed by atoms with Gasteiger partial charge in [0, 0.05) is 17.0 Å². The van der Waals surface area contributed by atoms with Crippen LogP contribution in [0.3, 0.4) is 0 Å². The van der Waals surface area contributed by atoms with Crippen molar-refractivity contribution in [2.45, 2.75) is 6.92 Å². The van der Waals surface area contributed by atoms with Crippen LogP contribution >= 0.6 is 11.3 Å². The van der Waals surface area contributed by atoms with E-state index < -0.39 is 11.9 Å². The van der Waals surface area contributed by atoms with E-state index in [2.05, 4.69) is 10.5 Å².